The van der Waals surface area contributed by atoms with Crippen molar-refractivity contribution in [1.29, 1.82) is 0 Å². The van der Waals surface area contributed by atoms with E-state index in [1.54, 1.807) is 0 Å². The highest BCUT2D eigenvalue weighted by Crippen LogP contribution is 2.30. The molecule has 0 radical (unpaired) electrons. The van der Waals surface area contributed by atoms with Crippen LogP contribution in [0.2, 0.25) is 0 Å². The van der Waals surface area contributed by atoms with E-state index >= 15 is 0 Å². The lowest BCUT2D eigenvalue weighted by Crippen LogP contribution is -2.37. The van der Waals surface area contributed by atoms with Crippen LogP contribution in [0.25, 0.3) is 0 Å². The quantitative estimate of drug-likeness (QED) is 0.768. The van der Waals surface area contributed by atoms with Gasteiger partial charge in [-0.05, 0) is 33.1 Å². The average Bonchev–Trinajstić information content (AvgIpc) is 3.05. The summed E-state index contributed by atoms with van der Waals surface area (Å²) in [7, 11) is 0. The SMILES string of the molecule is CC(C)Nc1nc(N)c(C(=O)NC2CCN(C3CC3)C2)s1. The molecule has 1 saturated carbocycles. The number of nitrogens with two attached hydrogens (primary N) is 1. The highest BCUT2D eigenvalue weighted by atomic mass is 32.1. The maximum absolute atomic E-state index is 12.3. The second-order valence-corrected chi connectivity index (χ2v) is 7.22. The van der Waals surface area contributed by atoms with Gasteiger partial charge in [-0.1, -0.05) is 11.3 Å². The molecule has 0 bridgehead atoms. The van der Waals surface area contributed by atoms with Gasteiger partial charge < -0.3 is 16.4 Å². The minimum absolute atomic E-state index is 0.0931. The molecular weight excluding hydrogens is 286 g/mol. The molecule has 2 heterocycles. The summed E-state index contributed by atoms with van der Waals surface area (Å²) >= 11 is 1.33. The van der Waals surface area contributed by atoms with Crippen molar-refractivity contribution < 1.29 is 4.79 Å². The van der Waals surface area contributed by atoms with Crippen LogP contribution in [0.1, 0.15) is 42.8 Å². The maximum atomic E-state index is 12.3. The van der Waals surface area contributed by atoms with Crippen molar-refractivity contribution >= 4 is 28.2 Å². The molecule has 1 aromatic heterocycles. The van der Waals surface area contributed by atoms with E-state index in [0.29, 0.717) is 15.8 Å². The predicted molar refractivity (Wildman–Crippen MR) is 85.8 cm³/mol. The Labute approximate surface area is 129 Å². The fourth-order valence-electron chi connectivity index (χ4n) is 2.73. The minimum Gasteiger partial charge on any atom is -0.382 e. The maximum Gasteiger partial charge on any atom is 0.265 e. The summed E-state index contributed by atoms with van der Waals surface area (Å²) in [6, 6.07) is 1.27. The minimum atomic E-state index is -0.0931. The first kappa shape index (κ1) is 14.6. The number of anilines is 2. The van der Waals surface area contributed by atoms with Crippen molar-refractivity contribution in [2.45, 2.75) is 51.2 Å². The Morgan fingerprint density at radius 1 is 1.43 bits per heavy atom. The lowest BCUT2D eigenvalue weighted by atomic mass is 10.2. The van der Waals surface area contributed by atoms with Crippen LogP contribution in [0.15, 0.2) is 0 Å². The molecule has 1 aromatic rings. The summed E-state index contributed by atoms with van der Waals surface area (Å²) in [4.78, 5) is 19.6. The molecule has 1 unspecified atom stereocenters. The number of nitrogens with zero attached hydrogens (tertiary/aromatic N) is 2. The number of amides is 1. The second-order valence-electron chi connectivity index (χ2n) is 6.22. The fraction of sp³-hybridized carbons (Fsp3) is 0.714. The van der Waals surface area contributed by atoms with Gasteiger partial charge in [0.2, 0.25) is 0 Å². The molecule has 4 N–H and O–H groups in total. The first-order valence-corrected chi connectivity index (χ1v) is 8.42. The van der Waals surface area contributed by atoms with Crippen LogP contribution in [0, 0.1) is 0 Å². The Morgan fingerprint density at radius 3 is 2.86 bits per heavy atom. The van der Waals surface area contributed by atoms with E-state index in [0.717, 1.165) is 25.6 Å². The predicted octanol–water partition coefficient (Wildman–Crippen LogP) is 1.51. The highest BCUT2D eigenvalue weighted by molar-refractivity contribution is 7.18. The summed E-state index contributed by atoms with van der Waals surface area (Å²) in [5.74, 6) is 0.224. The van der Waals surface area contributed by atoms with Gasteiger partial charge in [-0.3, -0.25) is 9.69 Å². The van der Waals surface area contributed by atoms with Crippen molar-refractivity contribution in [3.05, 3.63) is 4.88 Å². The molecular formula is C14H23N5OS. The number of nitrogens with one attached hydrogen (secondary N) is 2. The number of carbonyl (C=O) groups excluding carboxylic acids is 1. The van der Waals surface area contributed by atoms with Gasteiger partial charge in [0.25, 0.3) is 5.91 Å². The molecule has 21 heavy (non-hydrogen) atoms. The molecule has 1 aliphatic carbocycles. The zero-order valence-electron chi connectivity index (χ0n) is 12.6. The summed E-state index contributed by atoms with van der Waals surface area (Å²) < 4.78 is 0. The van der Waals surface area contributed by atoms with Gasteiger partial charge in [0.15, 0.2) is 5.13 Å². The van der Waals surface area contributed by atoms with Crippen LogP contribution >= 0.6 is 11.3 Å². The van der Waals surface area contributed by atoms with E-state index < -0.39 is 0 Å². The number of rotatable bonds is 5. The Hall–Kier alpha value is -1.34. The Bertz CT molecular complexity index is 525. The number of hydrogen-bond acceptors (Lipinski definition) is 6. The number of carbonyl (C=O) groups is 1. The van der Waals surface area contributed by atoms with Crippen LogP contribution in [-0.4, -0.2) is 47.0 Å². The third-order valence-electron chi connectivity index (χ3n) is 3.89. The Kier molecular flexibility index (Phi) is 4.03. The molecule has 7 heteroatoms. The van der Waals surface area contributed by atoms with Crippen molar-refractivity contribution in [3.8, 4) is 0 Å². The molecule has 6 nitrogen and oxygen atoms in total. The molecule has 116 valence electrons. The van der Waals surface area contributed by atoms with Crippen molar-refractivity contribution in [2.24, 2.45) is 0 Å². The second kappa shape index (κ2) is 5.81. The zero-order chi connectivity index (χ0) is 15.0. The molecule has 3 rings (SSSR count). The lowest BCUT2D eigenvalue weighted by Gasteiger charge is -2.15. The first-order chi connectivity index (χ1) is 10.0. The van der Waals surface area contributed by atoms with Gasteiger partial charge in [0, 0.05) is 31.2 Å². The normalized spacial score (nSPS) is 22.7. The van der Waals surface area contributed by atoms with Crippen molar-refractivity contribution in [2.75, 3.05) is 24.1 Å². The lowest BCUT2D eigenvalue weighted by molar-refractivity contribution is 0.0942. The van der Waals surface area contributed by atoms with Crippen molar-refractivity contribution in [3.63, 3.8) is 0 Å². The zero-order valence-corrected chi connectivity index (χ0v) is 13.4. The summed E-state index contributed by atoms with van der Waals surface area (Å²) in [6.45, 7) is 6.12. The number of hydrogen-bond donors (Lipinski definition) is 3. The number of nitrogen functional groups attached to an aromatic ring is 1. The van der Waals surface area contributed by atoms with E-state index in [2.05, 4.69) is 20.5 Å². The summed E-state index contributed by atoms with van der Waals surface area (Å²) in [6.07, 6.45) is 3.65. The third kappa shape index (κ3) is 3.47. The van der Waals surface area contributed by atoms with Crippen LogP contribution in [-0.2, 0) is 0 Å². The van der Waals surface area contributed by atoms with Crippen LogP contribution in [0.3, 0.4) is 0 Å². The molecule has 1 saturated heterocycles. The average molecular weight is 309 g/mol. The molecule has 2 fully saturated rings. The van der Waals surface area contributed by atoms with Gasteiger partial charge in [0.05, 0.1) is 0 Å². The van der Waals surface area contributed by atoms with E-state index in [-0.39, 0.29) is 18.0 Å². The van der Waals surface area contributed by atoms with Gasteiger partial charge in [-0.15, -0.1) is 0 Å². The molecule has 1 amide bonds. The number of thiazole rings is 1. The summed E-state index contributed by atoms with van der Waals surface area (Å²) in [5.41, 5.74) is 5.87. The molecule has 0 aromatic carbocycles. The van der Waals surface area contributed by atoms with E-state index in [4.69, 9.17) is 5.73 Å². The van der Waals surface area contributed by atoms with Gasteiger partial charge in [-0.2, -0.15) is 0 Å². The monoisotopic (exact) mass is 309 g/mol. The van der Waals surface area contributed by atoms with E-state index in [1.807, 2.05) is 13.8 Å². The smallest absolute Gasteiger partial charge is 0.265 e. The molecule has 0 spiro atoms. The number of aromatic nitrogens is 1. The Morgan fingerprint density at radius 2 is 2.19 bits per heavy atom. The Balaban J connectivity index is 1.58. The van der Waals surface area contributed by atoms with Crippen molar-refractivity contribution in [1.82, 2.24) is 15.2 Å². The van der Waals surface area contributed by atoms with Gasteiger partial charge in [0.1, 0.15) is 10.7 Å². The van der Waals surface area contributed by atoms with Crippen LogP contribution in [0.4, 0.5) is 10.9 Å². The topological polar surface area (TPSA) is 83.3 Å². The third-order valence-corrected chi connectivity index (χ3v) is 4.89. The van der Waals surface area contributed by atoms with Gasteiger partial charge >= 0.3 is 0 Å². The van der Waals surface area contributed by atoms with Crippen LogP contribution < -0.4 is 16.4 Å². The molecule has 1 atom stereocenters. The molecule has 1 aliphatic heterocycles. The molecule has 2 aliphatic rings. The summed E-state index contributed by atoms with van der Waals surface area (Å²) in [5, 5.41) is 6.99. The standard InChI is InChI=1S/C14H23N5OS/c1-8(2)16-14-18-12(15)11(21-14)13(20)17-9-5-6-19(7-9)10-3-4-10/h8-10H,3-7,15H2,1-2H3,(H,16,18)(H,17,20). The number of likely N-dealkylation sites (tertiary alicyclic amines) is 1. The van der Waals surface area contributed by atoms with Gasteiger partial charge in [-0.25, -0.2) is 4.98 Å². The first-order valence-electron chi connectivity index (χ1n) is 7.60. The highest BCUT2D eigenvalue weighted by Gasteiger charge is 2.35. The largest absolute Gasteiger partial charge is 0.382 e. The fourth-order valence-corrected chi connectivity index (χ4v) is 3.66. The van der Waals surface area contributed by atoms with E-state index in [1.165, 1.54) is 24.2 Å². The van der Waals surface area contributed by atoms with Crippen LogP contribution in [0.5, 0.6) is 0 Å². The van der Waals surface area contributed by atoms with E-state index in [9.17, 15) is 4.79 Å².